The van der Waals surface area contributed by atoms with E-state index in [1.165, 1.54) is 16.0 Å². The second-order valence-electron chi connectivity index (χ2n) is 12.1. The van der Waals surface area contributed by atoms with Crippen molar-refractivity contribution >= 4 is 6.09 Å². The van der Waals surface area contributed by atoms with E-state index in [4.69, 9.17) is 14.6 Å². The lowest BCUT2D eigenvalue weighted by molar-refractivity contribution is -0.0252. The summed E-state index contributed by atoms with van der Waals surface area (Å²) in [4.78, 5) is 13.8. The number of piperidine rings is 1. The maximum atomic E-state index is 12.3. The van der Waals surface area contributed by atoms with Gasteiger partial charge in [-0.25, -0.2) is 4.79 Å². The van der Waals surface area contributed by atoms with Crippen LogP contribution in [0.4, 0.5) is 4.79 Å². The van der Waals surface area contributed by atoms with Gasteiger partial charge in [0.15, 0.2) is 0 Å². The van der Waals surface area contributed by atoms with Gasteiger partial charge < -0.3 is 24.6 Å². The van der Waals surface area contributed by atoms with Crippen molar-refractivity contribution in [1.29, 1.82) is 0 Å². The van der Waals surface area contributed by atoms with E-state index in [0.29, 0.717) is 18.7 Å². The number of rotatable bonds is 4. The molecule has 0 bridgehead atoms. The van der Waals surface area contributed by atoms with E-state index in [0.717, 1.165) is 11.3 Å². The van der Waals surface area contributed by atoms with Gasteiger partial charge >= 0.3 is 6.09 Å². The number of aliphatic hydroxyl groups excluding tert-OH is 1. The molecule has 1 saturated heterocycles. The molecule has 1 heterocycles. The van der Waals surface area contributed by atoms with Crippen LogP contribution in [0.15, 0.2) is 78.9 Å². The Labute approximate surface area is 233 Å². The fourth-order valence-electron chi connectivity index (χ4n) is 4.19. The number of hydrogen-bond acceptors (Lipinski definition) is 5. The van der Waals surface area contributed by atoms with Crippen molar-refractivity contribution in [2.45, 2.75) is 77.6 Å². The van der Waals surface area contributed by atoms with E-state index in [1.807, 2.05) is 54.6 Å². The molecule has 0 spiro atoms. The summed E-state index contributed by atoms with van der Waals surface area (Å²) in [5.74, 6) is 1.06. The zero-order chi connectivity index (χ0) is 28.6. The second-order valence-corrected chi connectivity index (χ2v) is 12.1. The number of amides is 1. The molecule has 210 valence electrons. The maximum Gasteiger partial charge on any atom is 0.410 e. The van der Waals surface area contributed by atoms with Crippen LogP contribution in [0, 0.1) is 0 Å². The molecule has 1 aliphatic heterocycles. The molecule has 1 aliphatic rings. The standard InChI is InChI=1S/C23H29NO4.C10H14O/c1-23(2,3)18-9-11-19(12-10-18)28-21-13-14-24(15-20(21)25)22(26)27-16-17-7-5-4-6-8-17;1-10(2,3)8-4-6-9(11)7-5-8/h4-12,20-21,25H,13-16H2,1-3H3;4-7,11H,1-3H3/t20-,21-;/m1./s1. The molecule has 6 nitrogen and oxygen atoms in total. The summed E-state index contributed by atoms with van der Waals surface area (Å²) in [7, 11) is 0. The molecule has 0 aliphatic carbocycles. The van der Waals surface area contributed by atoms with Crippen LogP contribution in [0.2, 0.25) is 0 Å². The van der Waals surface area contributed by atoms with Crippen molar-refractivity contribution in [3.05, 3.63) is 95.6 Å². The number of phenols is 1. The normalized spacial score (nSPS) is 17.6. The Hall–Kier alpha value is -3.51. The molecular formula is C33H43NO5. The van der Waals surface area contributed by atoms with Gasteiger partial charge in [0, 0.05) is 13.0 Å². The molecule has 1 fully saturated rings. The third kappa shape index (κ3) is 9.32. The number of β-amino-alcohol motifs (C(OH)–C–C–N with tert-alkyl or cyclic N) is 1. The number of aliphatic hydroxyl groups is 1. The van der Waals surface area contributed by atoms with Crippen LogP contribution in [-0.2, 0) is 22.2 Å². The number of carbonyl (C=O) groups is 1. The average molecular weight is 534 g/mol. The van der Waals surface area contributed by atoms with Gasteiger partial charge in [0.25, 0.3) is 0 Å². The van der Waals surface area contributed by atoms with Crippen molar-refractivity contribution < 1.29 is 24.5 Å². The average Bonchev–Trinajstić information content (AvgIpc) is 2.89. The predicted octanol–water partition coefficient (Wildman–Crippen LogP) is 6.82. The minimum Gasteiger partial charge on any atom is -0.508 e. The number of aromatic hydroxyl groups is 1. The Morgan fingerprint density at radius 1 is 0.846 bits per heavy atom. The first-order valence-electron chi connectivity index (χ1n) is 13.5. The summed E-state index contributed by atoms with van der Waals surface area (Å²) in [5, 5.41) is 19.5. The molecule has 0 saturated carbocycles. The van der Waals surface area contributed by atoms with Crippen molar-refractivity contribution in [2.75, 3.05) is 13.1 Å². The fraction of sp³-hybridized carbons (Fsp3) is 0.424. The SMILES string of the molecule is CC(C)(C)c1ccc(O)cc1.CC(C)(C)c1ccc(O[C@@H]2CCN(C(=O)OCc3ccccc3)C[C@H]2O)cc1. The van der Waals surface area contributed by atoms with Crippen LogP contribution in [0.3, 0.4) is 0 Å². The second kappa shape index (κ2) is 13.0. The Balaban J connectivity index is 0.000000320. The zero-order valence-corrected chi connectivity index (χ0v) is 24.1. The molecule has 3 aromatic carbocycles. The summed E-state index contributed by atoms with van der Waals surface area (Å²) in [5.41, 5.74) is 3.68. The number of hydrogen-bond donors (Lipinski definition) is 2. The Kier molecular flexibility index (Phi) is 10.0. The van der Waals surface area contributed by atoms with Crippen molar-refractivity contribution in [3.8, 4) is 11.5 Å². The van der Waals surface area contributed by atoms with Crippen molar-refractivity contribution in [1.82, 2.24) is 4.90 Å². The van der Waals surface area contributed by atoms with Crippen molar-refractivity contribution in [2.24, 2.45) is 0 Å². The Morgan fingerprint density at radius 2 is 1.38 bits per heavy atom. The molecule has 39 heavy (non-hydrogen) atoms. The topological polar surface area (TPSA) is 79.2 Å². The van der Waals surface area contributed by atoms with Gasteiger partial charge in [-0.15, -0.1) is 0 Å². The highest BCUT2D eigenvalue weighted by atomic mass is 16.6. The summed E-state index contributed by atoms with van der Waals surface area (Å²) in [6.07, 6.45) is -0.933. The lowest BCUT2D eigenvalue weighted by Gasteiger charge is -2.35. The van der Waals surface area contributed by atoms with Gasteiger partial charge in [0.1, 0.15) is 30.3 Å². The van der Waals surface area contributed by atoms with Crippen LogP contribution in [0.1, 0.15) is 64.7 Å². The first kappa shape index (κ1) is 30.0. The van der Waals surface area contributed by atoms with Gasteiger partial charge in [-0.2, -0.15) is 0 Å². The predicted molar refractivity (Wildman–Crippen MR) is 155 cm³/mol. The van der Waals surface area contributed by atoms with Gasteiger partial charge in [-0.1, -0.05) is 96.1 Å². The number of phenolic OH excluding ortho intramolecular Hbond substituents is 1. The van der Waals surface area contributed by atoms with Crippen LogP contribution < -0.4 is 4.74 Å². The van der Waals surface area contributed by atoms with Crippen LogP contribution in [0.5, 0.6) is 11.5 Å². The van der Waals surface area contributed by atoms with Gasteiger partial charge in [-0.3, -0.25) is 0 Å². The minimum absolute atomic E-state index is 0.0868. The Morgan fingerprint density at radius 3 is 1.90 bits per heavy atom. The van der Waals surface area contributed by atoms with Gasteiger partial charge in [-0.05, 0) is 51.8 Å². The molecule has 0 radical (unpaired) electrons. The number of ether oxygens (including phenoxy) is 2. The lowest BCUT2D eigenvalue weighted by Crippen LogP contribution is -2.51. The fourth-order valence-corrected chi connectivity index (χ4v) is 4.19. The molecule has 2 N–H and O–H groups in total. The highest BCUT2D eigenvalue weighted by Crippen LogP contribution is 2.26. The van der Waals surface area contributed by atoms with E-state index >= 15 is 0 Å². The maximum absolute atomic E-state index is 12.3. The Bertz CT molecular complexity index is 1160. The molecular weight excluding hydrogens is 490 g/mol. The van der Waals surface area contributed by atoms with E-state index < -0.39 is 12.2 Å². The first-order chi connectivity index (χ1) is 18.3. The number of nitrogens with zero attached hydrogens (tertiary/aromatic N) is 1. The number of benzene rings is 3. The quantitative estimate of drug-likeness (QED) is 0.385. The smallest absolute Gasteiger partial charge is 0.410 e. The summed E-state index contributed by atoms with van der Waals surface area (Å²) in [6, 6.07) is 24.9. The number of carbonyl (C=O) groups excluding carboxylic acids is 1. The molecule has 2 atom stereocenters. The third-order valence-corrected chi connectivity index (χ3v) is 6.72. The number of likely N-dealkylation sites (tertiary alicyclic amines) is 1. The van der Waals surface area contributed by atoms with E-state index in [1.54, 1.807) is 12.1 Å². The third-order valence-electron chi connectivity index (χ3n) is 6.72. The van der Waals surface area contributed by atoms with Crippen LogP contribution in [0.25, 0.3) is 0 Å². The van der Waals surface area contributed by atoms with E-state index in [9.17, 15) is 9.90 Å². The van der Waals surface area contributed by atoms with Crippen LogP contribution >= 0.6 is 0 Å². The highest BCUT2D eigenvalue weighted by Gasteiger charge is 2.32. The molecule has 0 unspecified atom stereocenters. The highest BCUT2D eigenvalue weighted by molar-refractivity contribution is 5.67. The monoisotopic (exact) mass is 533 g/mol. The summed E-state index contributed by atoms with van der Waals surface area (Å²) >= 11 is 0. The van der Waals surface area contributed by atoms with E-state index in [2.05, 4.69) is 53.7 Å². The molecule has 6 heteroatoms. The van der Waals surface area contributed by atoms with Crippen LogP contribution in [-0.4, -0.2) is 46.5 Å². The molecule has 1 amide bonds. The molecule has 3 aromatic rings. The summed E-state index contributed by atoms with van der Waals surface area (Å²) in [6.45, 7) is 13.9. The lowest BCUT2D eigenvalue weighted by atomic mass is 9.87. The van der Waals surface area contributed by atoms with Gasteiger partial charge in [0.2, 0.25) is 0 Å². The minimum atomic E-state index is -0.750. The van der Waals surface area contributed by atoms with Gasteiger partial charge in [0.05, 0.1) is 6.54 Å². The van der Waals surface area contributed by atoms with Crippen molar-refractivity contribution in [3.63, 3.8) is 0 Å². The first-order valence-corrected chi connectivity index (χ1v) is 13.5. The largest absolute Gasteiger partial charge is 0.508 e. The molecule has 0 aromatic heterocycles. The molecule has 4 rings (SSSR count). The summed E-state index contributed by atoms with van der Waals surface area (Å²) < 4.78 is 11.3. The van der Waals surface area contributed by atoms with E-state index in [-0.39, 0.29) is 30.1 Å². The zero-order valence-electron chi connectivity index (χ0n) is 24.1.